The molecule has 4 rings (SSSR count). The van der Waals surface area contributed by atoms with E-state index in [9.17, 15) is 4.79 Å². The van der Waals surface area contributed by atoms with Crippen LogP contribution < -0.4 is 11.1 Å². The molecular formula is C17H11ClN4O2S. The molecule has 0 aliphatic rings. The number of nitrogens with two attached hydrogens (primary N) is 1. The number of anilines is 2. The minimum Gasteiger partial charge on any atom is -0.462 e. The third-order valence-electron chi connectivity index (χ3n) is 3.59. The SMILES string of the molecule is NC(=O)c1nncc2cc(Nc3ccoc3-c3ccc(Cl)cc3)sc12. The first kappa shape index (κ1) is 15.6. The standard InChI is InChI=1S/C17H11ClN4O2S/c18-11-3-1-9(2-4-11)15-12(5-6-24-15)21-13-7-10-8-20-22-14(17(19)23)16(10)25-13/h1-8,21H,(H2,19,23). The van der Waals surface area contributed by atoms with Crippen molar-refractivity contribution < 1.29 is 9.21 Å². The van der Waals surface area contributed by atoms with Crippen molar-refractivity contribution in [3.63, 3.8) is 0 Å². The fraction of sp³-hybridized carbons (Fsp3) is 0. The summed E-state index contributed by atoms with van der Waals surface area (Å²) < 4.78 is 6.29. The number of halogens is 1. The highest BCUT2D eigenvalue weighted by molar-refractivity contribution is 7.23. The molecule has 0 bridgehead atoms. The lowest BCUT2D eigenvalue weighted by Crippen LogP contribution is -2.13. The molecule has 0 aliphatic heterocycles. The molecule has 3 heterocycles. The van der Waals surface area contributed by atoms with Gasteiger partial charge in [0.25, 0.3) is 5.91 Å². The molecule has 0 fully saturated rings. The number of primary amides is 1. The fourth-order valence-corrected chi connectivity index (χ4v) is 3.63. The summed E-state index contributed by atoms with van der Waals surface area (Å²) in [4.78, 5) is 11.5. The van der Waals surface area contributed by atoms with Gasteiger partial charge in [0.2, 0.25) is 0 Å². The predicted octanol–water partition coefficient (Wildman–Crippen LogP) is 4.45. The highest BCUT2D eigenvalue weighted by Crippen LogP contribution is 2.37. The molecule has 1 amide bonds. The molecule has 0 unspecified atom stereocenters. The summed E-state index contributed by atoms with van der Waals surface area (Å²) in [6.07, 6.45) is 3.20. The molecule has 0 saturated carbocycles. The Morgan fingerprint density at radius 2 is 2.04 bits per heavy atom. The highest BCUT2D eigenvalue weighted by atomic mass is 35.5. The Morgan fingerprint density at radius 3 is 2.80 bits per heavy atom. The second kappa shape index (κ2) is 6.19. The van der Waals surface area contributed by atoms with Crippen molar-refractivity contribution in [2.75, 3.05) is 5.32 Å². The molecule has 6 nitrogen and oxygen atoms in total. The van der Waals surface area contributed by atoms with E-state index >= 15 is 0 Å². The first-order chi connectivity index (χ1) is 12.1. The van der Waals surface area contributed by atoms with Gasteiger partial charge < -0.3 is 15.5 Å². The average molecular weight is 371 g/mol. The van der Waals surface area contributed by atoms with Crippen LogP contribution in [0.25, 0.3) is 21.4 Å². The maximum absolute atomic E-state index is 11.5. The number of amides is 1. The van der Waals surface area contributed by atoms with Crippen LogP contribution >= 0.6 is 22.9 Å². The zero-order valence-electron chi connectivity index (χ0n) is 12.7. The summed E-state index contributed by atoms with van der Waals surface area (Å²) in [5.74, 6) is 0.0946. The van der Waals surface area contributed by atoms with Crippen LogP contribution in [0.3, 0.4) is 0 Å². The summed E-state index contributed by atoms with van der Waals surface area (Å²) in [5, 5.41) is 13.2. The lowest BCUT2D eigenvalue weighted by molar-refractivity contribution is 0.0996. The smallest absolute Gasteiger partial charge is 0.270 e. The van der Waals surface area contributed by atoms with Crippen molar-refractivity contribution in [2.24, 2.45) is 5.73 Å². The van der Waals surface area contributed by atoms with Gasteiger partial charge >= 0.3 is 0 Å². The number of rotatable bonds is 4. The predicted molar refractivity (Wildman–Crippen MR) is 98.4 cm³/mol. The third-order valence-corrected chi connectivity index (χ3v) is 4.92. The first-order valence-corrected chi connectivity index (χ1v) is 8.47. The Morgan fingerprint density at radius 1 is 1.24 bits per heavy atom. The highest BCUT2D eigenvalue weighted by Gasteiger charge is 2.15. The molecule has 4 aromatic rings. The number of nitrogens with zero attached hydrogens (tertiary/aromatic N) is 2. The molecule has 25 heavy (non-hydrogen) atoms. The zero-order chi connectivity index (χ0) is 17.4. The molecular weight excluding hydrogens is 360 g/mol. The maximum atomic E-state index is 11.5. The maximum Gasteiger partial charge on any atom is 0.270 e. The van der Waals surface area contributed by atoms with Gasteiger partial charge in [0.15, 0.2) is 11.5 Å². The number of aromatic nitrogens is 2. The van der Waals surface area contributed by atoms with Crippen molar-refractivity contribution in [1.29, 1.82) is 0 Å². The molecule has 0 radical (unpaired) electrons. The summed E-state index contributed by atoms with van der Waals surface area (Å²) in [7, 11) is 0. The van der Waals surface area contributed by atoms with Gasteiger partial charge in [-0.25, -0.2) is 0 Å². The average Bonchev–Trinajstić information content (AvgIpc) is 3.21. The van der Waals surface area contributed by atoms with Crippen molar-refractivity contribution in [2.45, 2.75) is 0 Å². The quantitative estimate of drug-likeness (QED) is 0.553. The van der Waals surface area contributed by atoms with Crippen LogP contribution in [0.4, 0.5) is 10.7 Å². The largest absolute Gasteiger partial charge is 0.462 e. The van der Waals surface area contributed by atoms with Gasteiger partial charge in [0.1, 0.15) is 0 Å². The van der Waals surface area contributed by atoms with E-state index in [-0.39, 0.29) is 5.69 Å². The number of fused-ring (bicyclic) bond motifs is 1. The molecule has 124 valence electrons. The van der Waals surface area contributed by atoms with Crippen LogP contribution in [0.15, 0.2) is 53.3 Å². The number of carbonyl (C=O) groups is 1. The van der Waals surface area contributed by atoms with Crippen LogP contribution in [0.1, 0.15) is 10.5 Å². The van der Waals surface area contributed by atoms with E-state index in [1.54, 1.807) is 24.6 Å². The lowest BCUT2D eigenvalue weighted by Gasteiger charge is -2.04. The summed E-state index contributed by atoms with van der Waals surface area (Å²) >= 11 is 7.31. The Labute approximate surface area is 151 Å². The van der Waals surface area contributed by atoms with Gasteiger partial charge in [-0.2, -0.15) is 5.10 Å². The monoisotopic (exact) mass is 370 g/mol. The third kappa shape index (κ3) is 2.95. The molecule has 0 atom stereocenters. The molecule has 8 heteroatoms. The molecule has 1 aromatic carbocycles. The van der Waals surface area contributed by atoms with Crippen LogP contribution in [-0.4, -0.2) is 16.1 Å². The van der Waals surface area contributed by atoms with Gasteiger partial charge in [-0.15, -0.1) is 16.4 Å². The van der Waals surface area contributed by atoms with E-state index in [0.717, 1.165) is 21.6 Å². The van der Waals surface area contributed by atoms with Crippen molar-refractivity contribution in [3.05, 3.63) is 59.6 Å². The fourth-order valence-electron chi connectivity index (χ4n) is 2.47. The van der Waals surface area contributed by atoms with E-state index in [0.29, 0.717) is 15.5 Å². The molecule has 0 spiro atoms. The van der Waals surface area contributed by atoms with Crippen LogP contribution in [0.5, 0.6) is 0 Å². The second-order valence-electron chi connectivity index (χ2n) is 5.25. The number of furan rings is 1. The second-order valence-corrected chi connectivity index (χ2v) is 6.74. The van der Waals surface area contributed by atoms with Crippen LogP contribution in [0.2, 0.25) is 5.02 Å². The topological polar surface area (TPSA) is 94.0 Å². The Kier molecular flexibility index (Phi) is 3.87. The zero-order valence-corrected chi connectivity index (χ0v) is 14.3. The van der Waals surface area contributed by atoms with Crippen molar-refractivity contribution in [1.82, 2.24) is 10.2 Å². The Balaban J connectivity index is 1.71. The lowest BCUT2D eigenvalue weighted by atomic mass is 10.1. The van der Waals surface area contributed by atoms with E-state index in [1.165, 1.54) is 11.3 Å². The molecule has 0 saturated heterocycles. The summed E-state index contributed by atoms with van der Waals surface area (Å²) in [5.41, 5.74) is 7.23. The minimum atomic E-state index is -0.600. The first-order valence-electron chi connectivity index (χ1n) is 7.27. The Bertz CT molecular complexity index is 1070. The van der Waals surface area contributed by atoms with Gasteiger partial charge in [0, 0.05) is 22.0 Å². The number of benzene rings is 1. The number of thiophene rings is 1. The normalized spacial score (nSPS) is 10.9. The number of carbonyl (C=O) groups excluding carboxylic acids is 1. The summed E-state index contributed by atoms with van der Waals surface area (Å²) in [6.45, 7) is 0. The van der Waals surface area contributed by atoms with Crippen LogP contribution in [-0.2, 0) is 0 Å². The van der Waals surface area contributed by atoms with Gasteiger partial charge in [-0.05, 0) is 30.3 Å². The van der Waals surface area contributed by atoms with E-state index < -0.39 is 5.91 Å². The number of hydrogen-bond donors (Lipinski definition) is 2. The van der Waals surface area contributed by atoms with Crippen LogP contribution in [0, 0.1) is 0 Å². The van der Waals surface area contributed by atoms with Gasteiger partial charge in [-0.3, -0.25) is 4.79 Å². The van der Waals surface area contributed by atoms with Gasteiger partial charge in [-0.1, -0.05) is 11.6 Å². The minimum absolute atomic E-state index is 0.167. The van der Waals surface area contributed by atoms with Crippen molar-refractivity contribution in [3.8, 4) is 11.3 Å². The molecule has 3 aromatic heterocycles. The van der Waals surface area contributed by atoms with Gasteiger partial charge in [0.05, 0.1) is 27.8 Å². The van der Waals surface area contributed by atoms with Crippen molar-refractivity contribution >= 4 is 49.6 Å². The molecule has 0 aliphatic carbocycles. The molecule has 3 N–H and O–H groups in total. The Hall–Kier alpha value is -2.90. The van der Waals surface area contributed by atoms with E-state index in [4.69, 9.17) is 21.8 Å². The number of hydrogen-bond acceptors (Lipinski definition) is 6. The van der Waals surface area contributed by atoms with E-state index in [1.807, 2.05) is 24.3 Å². The van der Waals surface area contributed by atoms with E-state index in [2.05, 4.69) is 15.5 Å². The summed E-state index contributed by atoms with van der Waals surface area (Å²) in [6, 6.07) is 11.1. The number of nitrogens with one attached hydrogen (secondary N) is 1.